The smallest absolute Gasteiger partial charge is 0.295 e. The van der Waals surface area contributed by atoms with Crippen molar-refractivity contribution in [3.63, 3.8) is 0 Å². The lowest BCUT2D eigenvalue weighted by atomic mass is 10.1. The van der Waals surface area contributed by atoms with Crippen LogP contribution in [0.15, 0.2) is 42.2 Å². The summed E-state index contributed by atoms with van der Waals surface area (Å²) in [5, 5.41) is 20.1. The fraction of sp³-hybridized carbons (Fsp3) is 0.292. The van der Waals surface area contributed by atoms with E-state index >= 15 is 0 Å². The number of aromatic nitrogens is 10. The Bertz CT molecular complexity index is 1890. The minimum absolute atomic E-state index is 0.0755. The number of rotatable bonds is 11. The molecular formula is C24H27N13O4S2. The fourth-order valence-electron chi connectivity index (χ4n) is 4.36. The largest absolute Gasteiger partial charge is 0.382 e. The summed E-state index contributed by atoms with van der Waals surface area (Å²) < 4.78 is 27.0. The van der Waals surface area contributed by atoms with Crippen LogP contribution in [0, 0.1) is 0 Å². The zero-order chi connectivity index (χ0) is 30.7. The van der Waals surface area contributed by atoms with Gasteiger partial charge in [-0.15, -0.1) is 11.3 Å². The van der Waals surface area contributed by atoms with E-state index in [1.807, 2.05) is 6.92 Å². The van der Waals surface area contributed by atoms with Crippen LogP contribution >= 0.6 is 11.3 Å². The molecule has 5 heterocycles. The number of hydrogen-bond acceptors (Lipinski definition) is 13. The van der Waals surface area contributed by atoms with Crippen molar-refractivity contribution in [3.05, 3.63) is 59.7 Å². The van der Waals surface area contributed by atoms with Crippen molar-refractivity contribution in [3.8, 4) is 10.4 Å². The standard InChI is InChI=1S/C24H27N13O4S2/c1-4-7-36(24(39)21-29-12-31-35-21)13(2)5-6-15-18(43(3,40)41)19(25)37-22(33-15)14(8-32-37)16-9-26-17(42-16)10-27-23(38)20-28-11-30-34-20/h4,7-9,11-13H,5-6,10,25H2,1-3H3,(H,27,38)(H,28,30,34)(H,29,31,35)/b7-4-/t13-/m1/s1. The average molecular weight is 626 g/mol. The lowest BCUT2D eigenvalue weighted by Gasteiger charge is -2.25. The van der Waals surface area contributed by atoms with Crippen LogP contribution in [0.1, 0.15) is 52.2 Å². The van der Waals surface area contributed by atoms with Gasteiger partial charge < -0.3 is 16.0 Å². The van der Waals surface area contributed by atoms with E-state index in [4.69, 9.17) is 10.7 Å². The van der Waals surface area contributed by atoms with Gasteiger partial charge in [-0.2, -0.15) is 19.8 Å². The van der Waals surface area contributed by atoms with Gasteiger partial charge in [0.25, 0.3) is 11.8 Å². The molecule has 0 bridgehead atoms. The molecule has 0 saturated heterocycles. The van der Waals surface area contributed by atoms with Crippen molar-refractivity contribution < 1.29 is 18.0 Å². The van der Waals surface area contributed by atoms with E-state index in [9.17, 15) is 18.0 Å². The van der Waals surface area contributed by atoms with E-state index in [1.54, 1.807) is 25.4 Å². The van der Waals surface area contributed by atoms with Gasteiger partial charge in [-0.3, -0.25) is 19.8 Å². The number of H-pyrrole nitrogens is 2. The maximum Gasteiger partial charge on any atom is 0.295 e. The lowest BCUT2D eigenvalue weighted by Crippen LogP contribution is -2.35. The van der Waals surface area contributed by atoms with E-state index in [0.717, 1.165) is 6.26 Å². The number of aromatic amines is 2. The van der Waals surface area contributed by atoms with Crippen molar-refractivity contribution in [1.29, 1.82) is 0 Å². The number of carbonyl (C=O) groups is 2. The number of allylic oxidation sites excluding steroid dienone is 1. The van der Waals surface area contributed by atoms with Crippen LogP contribution in [0.2, 0.25) is 0 Å². The fourth-order valence-corrected chi connectivity index (χ4v) is 6.26. The number of thiazole rings is 1. The molecule has 0 fully saturated rings. The molecule has 5 aromatic heterocycles. The summed E-state index contributed by atoms with van der Waals surface area (Å²) in [6, 6.07) is -0.360. The second kappa shape index (κ2) is 12.1. The second-order valence-electron chi connectivity index (χ2n) is 9.39. The highest BCUT2D eigenvalue weighted by atomic mass is 32.2. The number of amides is 2. The Balaban J connectivity index is 1.43. The highest BCUT2D eigenvalue weighted by Gasteiger charge is 2.27. The lowest BCUT2D eigenvalue weighted by molar-refractivity contribution is 0.0760. The summed E-state index contributed by atoms with van der Waals surface area (Å²) in [4.78, 5) is 44.1. The van der Waals surface area contributed by atoms with Gasteiger partial charge in [-0.1, -0.05) is 6.08 Å². The topological polar surface area (TPSA) is 236 Å². The number of hydrogen-bond donors (Lipinski definition) is 4. The number of nitrogens with two attached hydrogens (primary N) is 1. The maximum absolute atomic E-state index is 13.0. The van der Waals surface area contributed by atoms with Crippen molar-refractivity contribution in [1.82, 2.24) is 60.2 Å². The molecule has 17 nitrogen and oxygen atoms in total. The van der Waals surface area contributed by atoms with Gasteiger partial charge in [0, 0.05) is 24.7 Å². The van der Waals surface area contributed by atoms with Crippen LogP contribution in [-0.2, 0) is 22.8 Å². The highest BCUT2D eigenvalue weighted by molar-refractivity contribution is 7.91. The van der Waals surface area contributed by atoms with Crippen LogP contribution in [-0.4, -0.2) is 87.4 Å². The predicted octanol–water partition coefficient (Wildman–Crippen LogP) is 1.00. The van der Waals surface area contributed by atoms with Gasteiger partial charge in [0.15, 0.2) is 15.5 Å². The van der Waals surface area contributed by atoms with Crippen molar-refractivity contribution in [2.75, 3.05) is 12.0 Å². The van der Waals surface area contributed by atoms with Gasteiger partial charge in [0.1, 0.15) is 28.4 Å². The number of nitrogen functional groups attached to an aromatic ring is 1. The van der Waals surface area contributed by atoms with E-state index in [0.29, 0.717) is 27.5 Å². The minimum Gasteiger partial charge on any atom is -0.382 e. The molecule has 5 rings (SSSR count). The Labute approximate surface area is 248 Å². The summed E-state index contributed by atoms with van der Waals surface area (Å²) >= 11 is 1.31. The van der Waals surface area contributed by atoms with Gasteiger partial charge in [-0.25, -0.2) is 28.4 Å². The van der Waals surface area contributed by atoms with Crippen molar-refractivity contribution >= 4 is 44.5 Å². The number of anilines is 1. The molecule has 0 aliphatic heterocycles. The SMILES string of the molecule is C/C=C\N(C(=O)c1ncn[nH]1)[C@H](C)CCc1nc2c(-c3cnc(CNC(=O)c4ncn[nH]4)s3)cnn2c(N)c1S(C)(=O)=O. The monoisotopic (exact) mass is 625 g/mol. The molecule has 19 heteroatoms. The molecule has 5 N–H and O–H groups in total. The molecule has 43 heavy (non-hydrogen) atoms. The first kappa shape index (κ1) is 29.5. The van der Waals surface area contributed by atoms with Gasteiger partial charge in [0.05, 0.1) is 28.9 Å². The average Bonchev–Trinajstić information content (AvgIpc) is 3.79. The molecular weight excluding hydrogens is 598 g/mol. The number of nitrogens with zero attached hydrogens (tertiary/aromatic N) is 9. The van der Waals surface area contributed by atoms with Crippen LogP contribution in [0.3, 0.4) is 0 Å². The Morgan fingerprint density at radius 1 is 1.16 bits per heavy atom. The first-order valence-corrected chi connectivity index (χ1v) is 15.5. The van der Waals surface area contributed by atoms with Gasteiger partial charge >= 0.3 is 0 Å². The number of nitrogens with one attached hydrogen (secondary N) is 3. The Morgan fingerprint density at radius 3 is 2.53 bits per heavy atom. The predicted molar refractivity (Wildman–Crippen MR) is 154 cm³/mol. The van der Waals surface area contributed by atoms with Crippen LogP contribution < -0.4 is 11.1 Å². The number of sulfone groups is 1. The summed E-state index contributed by atoms with van der Waals surface area (Å²) in [7, 11) is -3.80. The van der Waals surface area contributed by atoms with E-state index in [1.165, 1.54) is 39.6 Å². The van der Waals surface area contributed by atoms with Crippen LogP contribution in [0.4, 0.5) is 5.82 Å². The third-order valence-corrected chi connectivity index (χ3v) is 8.58. The molecule has 0 saturated carbocycles. The Kier molecular flexibility index (Phi) is 8.26. The van der Waals surface area contributed by atoms with Crippen LogP contribution in [0.5, 0.6) is 0 Å². The Morgan fingerprint density at radius 2 is 1.88 bits per heavy atom. The zero-order valence-electron chi connectivity index (χ0n) is 23.2. The minimum atomic E-state index is -3.80. The second-order valence-corrected chi connectivity index (χ2v) is 12.5. The maximum atomic E-state index is 13.0. The molecule has 2 amide bonds. The first-order chi connectivity index (χ1) is 20.6. The third-order valence-electron chi connectivity index (χ3n) is 6.36. The summed E-state index contributed by atoms with van der Waals surface area (Å²) in [5.74, 6) is -0.726. The molecule has 0 aliphatic rings. The number of carbonyl (C=O) groups excluding carboxylic acids is 2. The van der Waals surface area contributed by atoms with Crippen molar-refractivity contribution in [2.45, 2.75) is 44.2 Å². The molecule has 224 valence electrons. The molecule has 0 spiro atoms. The highest BCUT2D eigenvalue weighted by Crippen LogP contribution is 2.33. The molecule has 0 aromatic carbocycles. The normalized spacial score (nSPS) is 12.6. The number of fused-ring (bicyclic) bond motifs is 1. The summed E-state index contributed by atoms with van der Waals surface area (Å²) in [6.45, 7) is 3.76. The third kappa shape index (κ3) is 6.11. The van der Waals surface area contributed by atoms with E-state index in [-0.39, 0.29) is 53.0 Å². The quantitative estimate of drug-likeness (QED) is 0.161. The first-order valence-electron chi connectivity index (χ1n) is 12.8. The van der Waals surface area contributed by atoms with Gasteiger partial charge in [0.2, 0.25) is 11.6 Å². The number of aryl methyl sites for hydroxylation is 1. The molecule has 1 atom stereocenters. The molecule has 0 aliphatic carbocycles. The zero-order valence-corrected chi connectivity index (χ0v) is 24.8. The Hall–Kier alpha value is -5.04. The molecule has 5 aromatic rings. The summed E-state index contributed by atoms with van der Waals surface area (Å²) in [6.07, 6.45) is 10.6. The van der Waals surface area contributed by atoms with E-state index < -0.39 is 15.7 Å². The van der Waals surface area contributed by atoms with Crippen LogP contribution in [0.25, 0.3) is 16.1 Å². The van der Waals surface area contributed by atoms with E-state index in [2.05, 4.69) is 45.8 Å². The molecule has 0 radical (unpaired) electrons. The van der Waals surface area contributed by atoms with Crippen molar-refractivity contribution in [2.24, 2.45) is 0 Å². The summed E-state index contributed by atoms with van der Waals surface area (Å²) in [5.41, 5.74) is 7.55. The van der Waals surface area contributed by atoms with Gasteiger partial charge in [-0.05, 0) is 26.7 Å². The molecule has 0 unspecified atom stereocenters.